The monoisotopic (exact) mass is 344 g/mol. The molecule has 2 heterocycles. The first kappa shape index (κ1) is 15.8. The highest BCUT2D eigenvalue weighted by atomic mass is 35.5. The van der Waals surface area contributed by atoms with Crippen LogP contribution in [0.25, 0.3) is 33.5 Å². The van der Waals surface area contributed by atoms with Gasteiger partial charge in [0.2, 0.25) is 0 Å². The van der Waals surface area contributed by atoms with Gasteiger partial charge in [-0.15, -0.1) is 0 Å². The molecule has 0 spiro atoms. The molecule has 0 radical (unpaired) electrons. The van der Waals surface area contributed by atoms with Crippen LogP contribution in [0, 0.1) is 13.8 Å². The standard InChI is InChI=1S/C22H17ClN2/c1-14-13-20(17-10-6-7-11-19(17)23)24-22-18(14)12-15(2)21(25-22)16-8-4-3-5-9-16/h3-13H,1-2H3. The maximum absolute atomic E-state index is 6.35. The van der Waals surface area contributed by atoms with Crippen molar-refractivity contribution in [1.29, 1.82) is 0 Å². The zero-order chi connectivity index (χ0) is 17.4. The van der Waals surface area contributed by atoms with Gasteiger partial charge in [0.25, 0.3) is 0 Å². The Morgan fingerprint density at radius 1 is 0.760 bits per heavy atom. The van der Waals surface area contributed by atoms with E-state index in [0.29, 0.717) is 5.02 Å². The van der Waals surface area contributed by atoms with Crippen molar-refractivity contribution in [2.75, 3.05) is 0 Å². The summed E-state index contributed by atoms with van der Waals surface area (Å²) >= 11 is 6.35. The van der Waals surface area contributed by atoms with E-state index in [-0.39, 0.29) is 0 Å². The summed E-state index contributed by atoms with van der Waals surface area (Å²) in [4.78, 5) is 9.67. The molecular formula is C22H17ClN2. The maximum Gasteiger partial charge on any atom is 0.160 e. The van der Waals surface area contributed by atoms with Crippen LogP contribution in [-0.4, -0.2) is 9.97 Å². The molecule has 0 saturated heterocycles. The molecule has 2 aromatic heterocycles. The SMILES string of the molecule is Cc1cc2c(C)cc(-c3ccccc3Cl)nc2nc1-c1ccccc1. The quantitative estimate of drug-likeness (QED) is 0.430. The van der Waals surface area contributed by atoms with E-state index in [2.05, 4.69) is 38.1 Å². The molecule has 0 aliphatic heterocycles. The number of aryl methyl sites for hydroxylation is 2. The van der Waals surface area contributed by atoms with Crippen molar-refractivity contribution >= 4 is 22.6 Å². The summed E-state index contributed by atoms with van der Waals surface area (Å²) in [5.74, 6) is 0. The van der Waals surface area contributed by atoms with Crippen molar-refractivity contribution < 1.29 is 0 Å². The topological polar surface area (TPSA) is 25.8 Å². The molecule has 2 nitrogen and oxygen atoms in total. The minimum Gasteiger partial charge on any atom is -0.228 e. The van der Waals surface area contributed by atoms with E-state index in [1.165, 1.54) is 0 Å². The third-order valence-electron chi connectivity index (χ3n) is 4.39. The predicted molar refractivity (Wildman–Crippen MR) is 105 cm³/mol. The van der Waals surface area contributed by atoms with Crippen LogP contribution in [0.4, 0.5) is 0 Å². The van der Waals surface area contributed by atoms with Crippen molar-refractivity contribution in [3.05, 3.63) is 82.9 Å². The summed E-state index contributed by atoms with van der Waals surface area (Å²) in [6.07, 6.45) is 0. The fraction of sp³-hybridized carbons (Fsp3) is 0.0909. The number of hydrogen-bond donors (Lipinski definition) is 0. The maximum atomic E-state index is 6.35. The lowest BCUT2D eigenvalue weighted by Crippen LogP contribution is -1.96. The summed E-state index contributed by atoms with van der Waals surface area (Å²) in [5, 5.41) is 1.78. The van der Waals surface area contributed by atoms with Gasteiger partial charge in [-0.25, -0.2) is 9.97 Å². The number of nitrogens with zero attached hydrogens (tertiary/aromatic N) is 2. The van der Waals surface area contributed by atoms with E-state index < -0.39 is 0 Å². The number of halogens is 1. The van der Waals surface area contributed by atoms with Crippen molar-refractivity contribution in [3.63, 3.8) is 0 Å². The molecule has 0 amide bonds. The van der Waals surface area contributed by atoms with Crippen molar-refractivity contribution in [3.8, 4) is 22.5 Å². The van der Waals surface area contributed by atoms with Gasteiger partial charge in [-0.3, -0.25) is 0 Å². The average molecular weight is 345 g/mol. The minimum atomic E-state index is 0.698. The van der Waals surface area contributed by atoms with Crippen molar-refractivity contribution in [2.24, 2.45) is 0 Å². The molecule has 0 atom stereocenters. The Balaban J connectivity index is 1.96. The third-order valence-corrected chi connectivity index (χ3v) is 4.72. The first-order valence-electron chi connectivity index (χ1n) is 8.23. The fourth-order valence-electron chi connectivity index (χ4n) is 3.10. The number of benzene rings is 2. The van der Waals surface area contributed by atoms with Gasteiger partial charge in [0.15, 0.2) is 5.65 Å². The lowest BCUT2D eigenvalue weighted by Gasteiger charge is -2.11. The summed E-state index contributed by atoms with van der Waals surface area (Å²) in [7, 11) is 0. The van der Waals surface area contributed by atoms with Gasteiger partial charge < -0.3 is 0 Å². The molecule has 0 fully saturated rings. The lowest BCUT2D eigenvalue weighted by molar-refractivity contribution is 1.24. The van der Waals surface area contributed by atoms with Crippen LogP contribution in [0.15, 0.2) is 66.7 Å². The van der Waals surface area contributed by atoms with Gasteiger partial charge >= 0.3 is 0 Å². The first-order chi connectivity index (χ1) is 12.1. The molecule has 0 aliphatic carbocycles. The second-order valence-corrected chi connectivity index (χ2v) is 6.60. The molecule has 3 heteroatoms. The molecule has 0 bridgehead atoms. The van der Waals surface area contributed by atoms with Gasteiger partial charge in [-0.05, 0) is 43.2 Å². The van der Waals surface area contributed by atoms with E-state index in [1.54, 1.807) is 0 Å². The number of fused-ring (bicyclic) bond motifs is 1. The predicted octanol–water partition coefficient (Wildman–Crippen LogP) is 6.23. The van der Waals surface area contributed by atoms with Crippen LogP contribution < -0.4 is 0 Å². The molecule has 122 valence electrons. The highest BCUT2D eigenvalue weighted by Crippen LogP contribution is 2.31. The Bertz CT molecular complexity index is 1070. The summed E-state index contributed by atoms with van der Waals surface area (Å²) in [5.41, 5.74) is 6.90. The van der Waals surface area contributed by atoms with Gasteiger partial charge in [0.1, 0.15) is 0 Å². The molecule has 4 aromatic rings. The largest absolute Gasteiger partial charge is 0.228 e. The van der Waals surface area contributed by atoms with E-state index in [4.69, 9.17) is 21.6 Å². The second-order valence-electron chi connectivity index (χ2n) is 6.20. The van der Waals surface area contributed by atoms with E-state index in [1.807, 2.05) is 42.5 Å². The Morgan fingerprint density at radius 3 is 2.24 bits per heavy atom. The summed E-state index contributed by atoms with van der Waals surface area (Å²) in [6.45, 7) is 4.18. The second kappa shape index (κ2) is 6.30. The van der Waals surface area contributed by atoms with Crippen LogP contribution in [0.2, 0.25) is 5.02 Å². The number of pyridine rings is 2. The summed E-state index contributed by atoms with van der Waals surface area (Å²) < 4.78 is 0. The molecule has 4 rings (SSSR count). The van der Waals surface area contributed by atoms with Crippen LogP contribution in [-0.2, 0) is 0 Å². The zero-order valence-corrected chi connectivity index (χ0v) is 14.9. The van der Waals surface area contributed by atoms with Gasteiger partial charge in [0.05, 0.1) is 11.4 Å². The smallest absolute Gasteiger partial charge is 0.160 e. The molecule has 2 aromatic carbocycles. The molecule has 0 aliphatic rings. The van der Waals surface area contributed by atoms with Crippen molar-refractivity contribution in [2.45, 2.75) is 13.8 Å². The Morgan fingerprint density at radius 2 is 1.48 bits per heavy atom. The molecule has 25 heavy (non-hydrogen) atoms. The Kier molecular flexibility index (Phi) is 3.98. The summed E-state index contributed by atoms with van der Waals surface area (Å²) in [6, 6.07) is 22.2. The normalized spacial score (nSPS) is 11.0. The van der Waals surface area contributed by atoms with E-state index >= 15 is 0 Å². The highest BCUT2D eigenvalue weighted by Gasteiger charge is 2.12. The first-order valence-corrected chi connectivity index (χ1v) is 8.60. The van der Waals surface area contributed by atoms with Gasteiger partial charge in [-0.2, -0.15) is 0 Å². The molecular weight excluding hydrogens is 328 g/mol. The van der Waals surface area contributed by atoms with E-state index in [0.717, 1.165) is 44.7 Å². The molecule has 0 unspecified atom stereocenters. The number of aromatic nitrogens is 2. The fourth-order valence-corrected chi connectivity index (χ4v) is 3.34. The lowest BCUT2D eigenvalue weighted by atomic mass is 10.0. The van der Waals surface area contributed by atoms with E-state index in [9.17, 15) is 0 Å². The van der Waals surface area contributed by atoms with Crippen molar-refractivity contribution in [1.82, 2.24) is 9.97 Å². The molecule has 0 N–H and O–H groups in total. The molecule has 0 saturated carbocycles. The van der Waals surface area contributed by atoms with Crippen LogP contribution >= 0.6 is 11.6 Å². The number of rotatable bonds is 2. The van der Waals surface area contributed by atoms with Crippen LogP contribution in [0.1, 0.15) is 11.1 Å². The average Bonchev–Trinajstić information content (AvgIpc) is 2.63. The number of hydrogen-bond acceptors (Lipinski definition) is 2. The third kappa shape index (κ3) is 2.90. The van der Waals surface area contributed by atoms with Crippen LogP contribution in [0.5, 0.6) is 0 Å². The Hall–Kier alpha value is -2.71. The van der Waals surface area contributed by atoms with Gasteiger partial charge in [-0.1, -0.05) is 60.1 Å². The zero-order valence-electron chi connectivity index (χ0n) is 14.1. The van der Waals surface area contributed by atoms with Crippen LogP contribution in [0.3, 0.4) is 0 Å². The highest BCUT2D eigenvalue weighted by molar-refractivity contribution is 6.33. The van der Waals surface area contributed by atoms with Gasteiger partial charge in [0, 0.05) is 21.5 Å². The minimum absolute atomic E-state index is 0.698. The Labute approximate surface area is 152 Å².